The molecule has 1 saturated carbocycles. The molecule has 1 heterocycles. The van der Waals surface area contributed by atoms with Gasteiger partial charge in [0, 0.05) is 39.8 Å². The van der Waals surface area contributed by atoms with E-state index in [1.165, 1.54) is 23.1 Å². The van der Waals surface area contributed by atoms with Crippen LogP contribution in [0, 0.1) is 0 Å². The summed E-state index contributed by atoms with van der Waals surface area (Å²) in [5, 5.41) is 11.9. The molecule has 0 unspecified atom stereocenters. The summed E-state index contributed by atoms with van der Waals surface area (Å²) in [5.74, 6) is 0.562. The van der Waals surface area contributed by atoms with Crippen molar-refractivity contribution in [1.29, 1.82) is 0 Å². The first-order valence-electron chi connectivity index (χ1n) is 9.15. The van der Waals surface area contributed by atoms with Crippen LogP contribution in [0.1, 0.15) is 50.7 Å². The van der Waals surface area contributed by atoms with Crippen LogP contribution in [-0.4, -0.2) is 11.7 Å². The molecule has 136 valence electrons. The second-order valence-electron chi connectivity index (χ2n) is 7.75. The van der Waals surface area contributed by atoms with Gasteiger partial charge in [-0.05, 0) is 72.4 Å². The Hall–Kier alpha value is -1.64. The number of benzene rings is 2. The van der Waals surface area contributed by atoms with E-state index in [1.54, 1.807) is 0 Å². The number of hydrogen-bond acceptors (Lipinski definition) is 2. The number of rotatable bonds is 3. The van der Waals surface area contributed by atoms with Crippen LogP contribution in [0.3, 0.4) is 0 Å². The van der Waals surface area contributed by atoms with E-state index in [2.05, 4.69) is 43.0 Å². The number of allylic oxidation sites excluding steroid dienone is 1. The molecular formula is C22H23Cl2NO. The van der Waals surface area contributed by atoms with Crippen LogP contribution in [0.2, 0.25) is 10.0 Å². The summed E-state index contributed by atoms with van der Waals surface area (Å²) >= 11 is 12.6. The third-order valence-electron chi connectivity index (χ3n) is 5.78. The Labute approximate surface area is 165 Å². The van der Waals surface area contributed by atoms with Crippen LogP contribution >= 0.6 is 23.2 Å². The lowest BCUT2D eigenvalue weighted by Crippen LogP contribution is -2.33. The molecule has 4 rings (SSSR count). The molecule has 1 aliphatic carbocycles. The van der Waals surface area contributed by atoms with E-state index in [-0.39, 0.29) is 5.41 Å². The largest absolute Gasteiger partial charge is 0.512 e. The summed E-state index contributed by atoms with van der Waals surface area (Å²) in [7, 11) is 0. The average molecular weight is 388 g/mol. The molecule has 2 nitrogen and oxygen atoms in total. The lowest BCUT2D eigenvalue weighted by Gasteiger charge is -2.42. The van der Waals surface area contributed by atoms with Gasteiger partial charge >= 0.3 is 0 Å². The van der Waals surface area contributed by atoms with Gasteiger partial charge in [-0.15, -0.1) is 0 Å². The van der Waals surface area contributed by atoms with Crippen molar-refractivity contribution < 1.29 is 5.11 Å². The molecule has 2 aliphatic rings. The maximum atomic E-state index is 10.4. The van der Waals surface area contributed by atoms with Gasteiger partial charge in [0.1, 0.15) is 0 Å². The van der Waals surface area contributed by atoms with Crippen LogP contribution in [0.25, 0.3) is 0 Å². The molecular weight excluding hydrogens is 365 g/mol. The molecule has 0 saturated heterocycles. The highest BCUT2D eigenvalue weighted by Gasteiger charge is 2.36. The second-order valence-corrected chi connectivity index (χ2v) is 8.63. The van der Waals surface area contributed by atoms with E-state index in [0.29, 0.717) is 12.2 Å². The van der Waals surface area contributed by atoms with Crippen LogP contribution in [-0.2, 0) is 5.41 Å². The SMILES string of the molecule is CC1(C)c2cc(Cl)ccc2N(CCC(O)=C2CCC2)c2ccc(Cl)cc21. The zero-order chi connectivity index (χ0) is 18.5. The Morgan fingerprint density at radius 2 is 1.54 bits per heavy atom. The molecule has 1 fully saturated rings. The smallest absolute Gasteiger partial charge is 0.0932 e. The first-order valence-corrected chi connectivity index (χ1v) is 9.91. The van der Waals surface area contributed by atoms with E-state index >= 15 is 0 Å². The van der Waals surface area contributed by atoms with Gasteiger partial charge in [0.25, 0.3) is 0 Å². The minimum Gasteiger partial charge on any atom is -0.512 e. The standard InChI is InChI=1S/C22H23Cl2NO/c1-22(2)17-12-15(23)6-8-19(17)25(11-10-21(26)14-4-3-5-14)20-9-7-16(24)13-18(20)22/h6-9,12-13,26H,3-5,10-11H2,1-2H3. The summed E-state index contributed by atoms with van der Waals surface area (Å²) < 4.78 is 0. The molecule has 2 aromatic carbocycles. The molecule has 0 amide bonds. The molecule has 26 heavy (non-hydrogen) atoms. The fourth-order valence-corrected chi connectivity index (χ4v) is 4.39. The minimum absolute atomic E-state index is 0.189. The third kappa shape index (κ3) is 2.90. The third-order valence-corrected chi connectivity index (χ3v) is 6.25. The topological polar surface area (TPSA) is 23.5 Å². The number of hydrogen-bond donors (Lipinski definition) is 1. The van der Waals surface area contributed by atoms with Gasteiger partial charge in [-0.25, -0.2) is 0 Å². The van der Waals surface area contributed by atoms with E-state index in [0.717, 1.165) is 40.8 Å². The molecule has 0 atom stereocenters. The molecule has 0 aromatic heterocycles. The van der Waals surface area contributed by atoms with Gasteiger partial charge in [-0.3, -0.25) is 0 Å². The van der Waals surface area contributed by atoms with Crippen molar-refractivity contribution in [2.45, 2.75) is 44.9 Å². The molecule has 0 bridgehead atoms. The fourth-order valence-electron chi connectivity index (χ4n) is 4.04. The van der Waals surface area contributed by atoms with Crippen molar-refractivity contribution >= 4 is 34.6 Å². The molecule has 1 aliphatic heterocycles. The predicted molar refractivity (Wildman–Crippen MR) is 110 cm³/mol. The van der Waals surface area contributed by atoms with Crippen LogP contribution in [0.4, 0.5) is 11.4 Å². The van der Waals surface area contributed by atoms with Crippen molar-refractivity contribution in [3.05, 3.63) is 68.9 Å². The van der Waals surface area contributed by atoms with E-state index in [4.69, 9.17) is 23.2 Å². The fraction of sp³-hybridized carbons (Fsp3) is 0.364. The minimum atomic E-state index is -0.189. The summed E-state index contributed by atoms with van der Waals surface area (Å²) in [6.45, 7) is 5.15. The van der Waals surface area contributed by atoms with Gasteiger partial charge in [0.05, 0.1) is 5.76 Å². The predicted octanol–water partition coefficient (Wildman–Crippen LogP) is 7.16. The number of nitrogens with zero attached hydrogens (tertiary/aromatic N) is 1. The molecule has 2 aromatic rings. The van der Waals surface area contributed by atoms with Crippen molar-refractivity contribution in [2.75, 3.05) is 11.4 Å². The maximum Gasteiger partial charge on any atom is 0.0932 e. The number of aliphatic hydroxyl groups excluding tert-OH is 1. The van der Waals surface area contributed by atoms with Crippen molar-refractivity contribution in [1.82, 2.24) is 0 Å². The van der Waals surface area contributed by atoms with Crippen LogP contribution in [0.5, 0.6) is 0 Å². The van der Waals surface area contributed by atoms with Crippen molar-refractivity contribution in [3.63, 3.8) is 0 Å². The maximum absolute atomic E-state index is 10.4. The van der Waals surface area contributed by atoms with Crippen molar-refractivity contribution in [2.24, 2.45) is 0 Å². The van der Waals surface area contributed by atoms with Gasteiger partial charge in [0.15, 0.2) is 0 Å². The Morgan fingerprint density at radius 3 is 2.00 bits per heavy atom. The van der Waals surface area contributed by atoms with Crippen LogP contribution in [0.15, 0.2) is 47.7 Å². The quantitative estimate of drug-likeness (QED) is 0.564. The molecule has 0 spiro atoms. The molecule has 1 N–H and O–H groups in total. The van der Waals surface area contributed by atoms with Crippen LogP contribution < -0.4 is 4.90 Å². The monoisotopic (exact) mass is 387 g/mol. The Balaban J connectivity index is 1.79. The normalized spacial score (nSPS) is 17.4. The first kappa shape index (κ1) is 17.8. The highest BCUT2D eigenvalue weighted by Crippen LogP contribution is 2.50. The number of fused-ring (bicyclic) bond motifs is 2. The number of aliphatic hydroxyl groups is 1. The summed E-state index contributed by atoms with van der Waals surface area (Å²) in [5.41, 5.74) is 5.72. The Bertz CT molecular complexity index is 840. The molecule has 4 heteroatoms. The van der Waals surface area contributed by atoms with E-state index in [1.807, 2.05) is 12.1 Å². The Morgan fingerprint density at radius 1 is 1.00 bits per heavy atom. The first-order chi connectivity index (χ1) is 12.4. The van der Waals surface area contributed by atoms with E-state index < -0.39 is 0 Å². The zero-order valence-electron chi connectivity index (χ0n) is 15.1. The zero-order valence-corrected chi connectivity index (χ0v) is 16.7. The lowest BCUT2D eigenvalue weighted by atomic mass is 9.73. The lowest BCUT2D eigenvalue weighted by molar-refractivity contribution is 0.366. The highest BCUT2D eigenvalue weighted by molar-refractivity contribution is 6.31. The number of halogens is 2. The summed E-state index contributed by atoms with van der Waals surface area (Å²) in [6, 6.07) is 12.2. The molecule has 0 radical (unpaired) electrons. The van der Waals surface area contributed by atoms with Gasteiger partial charge in [-0.1, -0.05) is 37.0 Å². The Kier molecular flexibility index (Phi) is 4.45. The summed E-state index contributed by atoms with van der Waals surface area (Å²) in [6.07, 6.45) is 3.92. The van der Waals surface area contributed by atoms with Gasteiger partial charge in [0.2, 0.25) is 0 Å². The van der Waals surface area contributed by atoms with Crippen molar-refractivity contribution in [3.8, 4) is 0 Å². The van der Waals surface area contributed by atoms with Gasteiger partial charge in [-0.2, -0.15) is 0 Å². The van der Waals surface area contributed by atoms with Gasteiger partial charge < -0.3 is 10.0 Å². The van der Waals surface area contributed by atoms with E-state index in [9.17, 15) is 5.11 Å². The second kappa shape index (κ2) is 6.51. The highest BCUT2D eigenvalue weighted by atomic mass is 35.5. The average Bonchev–Trinajstić information content (AvgIpc) is 2.54. The summed E-state index contributed by atoms with van der Waals surface area (Å²) in [4.78, 5) is 2.29. The number of anilines is 2.